The monoisotopic (exact) mass is 601 g/mol. The van der Waals surface area contributed by atoms with E-state index in [1.807, 2.05) is 18.2 Å². The SMILES string of the molecule is CC(C)OC(=O)CN1C(=O)S/C(=C\c2cc(Br)c(OCc3ccccc3Cl)c(Br)c2)C1=O. The van der Waals surface area contributed by atoms with Crippen LogP contribution in [-0.4, -0.2) is 34.7 Å². The van der Waals surface area contributed by atoms with Crippen molar-refractivity contribution in [3.63, 3.8) is 0 Å². The highest BCUT2D eigenvalue weighted by molar-refractivity contribution is 9.11. The second kappa shape index (κ2) is 10.9. The third-order valence-electron chi connectivity index (χ3n) is 4.18. The molecular formula is C22H18Br2ClNO5S. The highest BCUT2D eigenvalue weighted by atomic mass is 79.9. The summed E-state index contributed by atoms with van der Waals surface area (Å²) in [6, 6.07) is 10.9. The first kappa shape index (κ1) is 24.8. The van der Waals surface area contributed by atoms with Crippen LogP contribution in [0.4, 0.5) is 4.79 Å². The van der Waals surface area contributed by atoms with E-state index in [0.29, 0.717) is 25.3 Å². The molecule has 2 aromatic carbocycles. The van der Waals surface area contributed by atoms with Gasteiger partial charge in [-0.25, -0.2) is 0 Å². The molecule has 1 fully saturated rings. The van der Waals surface area contributed by atoms with Gasteiger partial charge in [0.25, 0.3) is 11.1 Å². The molecule has 0 aromatic heterocycles. The maximum Gasteiger partial charge on any atom is 0.326 e. The number of hydrogen-bond donors (Lipinski definition) is 0. The molecule has 0 bridgehead atoms. The van der Waals surface area contributed by atoms with E-state index in [1.54, 1.807) is 38.1 Å². The molecule has 1 aliphatic rings. The highest BCUT2D eigenvalue weighted by Crippen LogP contribution is 2.38. The van der Waals surface area contributed by atoms with Gasteiger partial charge in [0.05, 0.1) is 20.0 Å². The summed E-state index contributed by atoms with van der Waals surface area (Å²) in [6.07, 6.45) is 1.26. The fourth-order valence-electron chi connectivity index (χ4n) is 2.78. The number of amides is 2. The lowest BCUT2D eigenvalue weighted by Crippen LogP contribution is -2.35. The highest BCUT2D eigenvalue weighted by Gasteiger charge is 2.36. The zero-order chi connectivity index (χ0) is 23.4. The van der Waals surface area contributed by atoms with Crippen molar-refractivity contribution in [3.8, 4) is 5.75 Å². The number of imide groups is 1. The zero-order valence-corrected chi connectivity index (χ0v) is 21.8. The third-order valence-corrected chi connectivity index (χ3v) is 6.63. The fourth-order valence-corrected chi connectivity index (χ4v) is 5.26. The van der Waals surface area contributed by atoms with Gasteiger partial charge in [0, 0.05) is 10.6 Å². The molecule has 6 nitrogen and oxygen atoms in total. The topological polar surface area (TPSA) is 72.9 Å². The minimum atomic E-state index is -0.630. The number of hydrogen-bond acceptors (Lipinski definition) is 6. The van der Waals surface area contributed by atoms with Crippen molar-refractivity contribution in [3.05, 3.63) is 66.4 Å². The van der Waals surface area contributed by atoms with Crippen molar-refractivity contribution in [1.82, 2.24) is 4.90 Å². The molecule has 10 heteroatoms. The van der Waals surface area contributed by atoms with Crippen LogP contribution in [0.15, 0.2) is 50.2 Å². The van der Waals surface area contributed by atoms with Crippen molar-refractivity contribution in [2.75, 3.05) is 6.54 Å². The lowest BCUT2D eigenvalue weighted by molar-refractivity contribution is -0.149. The van der Waals surface area contributed by atoms with E-state index >= 15 is 0 Å². The Bertz CT molecular complexity index is 1080. The second-order valence-corrected chi connectivity index (χ2v) is 10.1. The number of halogens is 3. The molecule has 2 aromatic rings. The van der Waals surface area contributed by atoms with E-state index in [9.17, 15) is 14.4 Å². The molecular weight excluding hydrogens is 586 g/mol. The first-order chi connectivity index (χ1) is 15.2. The van der Waals surface area contributed by atoms with Crippen LogP contribution in [-0.2, 0) is 20.9 Å². The van der Waals surface area contributed by atoms with Gasteiger partial charge in [0.15, 0.2) is 0 Å². The second-order valence-electron chi connectivity index (χ2n) is 7.00. The largest absolute Gasteiger partial charge is 0.486 e. The van der Waals surface area contributed by atoms with Gasteiger partial charge in [0.1, 0.15) is 18.9 Å². The summed E-state index contributed by atoms with van der Waals surface area (Å²) < 4.78 is 12.2. The Morgan fingerprint density at radius 3 is 2.47 bits per heavy atom. The summed E-state index contributed by atoms with van der Waals surface area (Å²) in [7, 11) is 0. The van der Waals surface area contributed by atoms with Gasteiger partial charge in [-0.05, 0) is 87.3 Å². The summed E-state index contributed by atoms with van der Waals surface area (Å²) in [6.45, 7) is 3.26. The van der Waals surface area contributed by atoms with E-state index in [-0.39, 0.29) is 17.6 Å². The Morgan fingerprint density at radius 1 is 1.19 bits per heavy atom. The average molecular weight is 604 g/mol. The summed E-state index contributed by atoms with van der Waals surface area (Å²) in [5.41, 5.74) is 1.52. The van der Waals surface area contributed by atoms with Gasteiger partial charge in [-0.15, -0.1) is 0 Å². The lowest BCUT2D eigenvalue weighted by atomic mass is 10.2. The van der Waals surface area contributed by atoms with Crippen LogP contribution in [0.2, 0.25) is 5.02 Å². The van der Waals surface area contributed by atoms with Gasteiger partial charge in [-0.1, -0.05) is 29.8 Å². The molecule has 0 atom stereocenters. The Balaban J connectivity index is 1.74. The van der Waals surface area contributed by atoms with Gasteiger partial charge in [-0.2, -0.15) is 0 Å². The number of esters is 1. The van der Waals surface area contributed by atoms with E-state index in [1.165, 1.54) is 0 Å². The van der Waals surface area contributed by atoms with Crippen molar-refractivity contribution < 1.29 is 23.9 Å². The molecule has 168 valence electrons. The molecule has 1 aliphatic heterocycles. The van der Waals surface area contributed by atoms with Crippen LogP contribution in [0.1, 0.15) is 25.0 Å². The van der Waals surface area contributed by atoms with Crippen LogP contribution < -0.4 is 4.74 Å². The minimum absolute atomic E-state index is 0.218. The first-order valence-electron chi connectivity index (χ1n) is 9.45. The van der Waals surface area contributed by atoms with Gasteiger partial charge in [0.2, 0.25) is 0 Å². The Kier molecular flexibility index (Phi) is 8.43. The van der Waals surface area contributed by atoms with Gasteiger partial charge >= 0.3 is 5.97 Å². The molecule has 2 amide bonds. The van der Waals surface area contributed by atoms with Gasteiger partial charge < -0.3 is 9.47 Å². The normalized spacial score (nSPS) is 15.1. The summed E-state index contributed by atoms with van der Waals surface area (Å²) in [5, 5.41) is 0.101. The van der Waals surface area contributed by atoms with Crippen LogP contribution in [0.3, 0.4) is 0 Å². The molecule has 0 N–H and O–H groups in total. The van der Waals surface area contributed by atoms with Crippen LogP contribution in [0, 0.1) is 0 Å². The molecule has 3 rings (SSSR count). The zero-order valence-electron chi connectivity index (χ0n) is 17.1. The first-order valence-corrected chi connectivity index (χ1v) is 12.2. The molecule has 0 saturated carbocycles. The molecule has 0 unspecified atom stereocenters. The number of nitrogens with zero attached hydrogens (tertiary/aromatic N) is 1. The predicted octanol–water partition coefficient (Wildman–Crippen LogP) is 6.43. The average Bonchev–Trinajstić information content (AvgIpc) is 2.95. The van der Waals surface area contributed by atoms with Crippen molar-refractivity contribution >= 4 is 78.4 Å². The fraction of sp³-hybridized carbons (Fsp3) is 0.227. The predicted molar refractivity (Wildman–Crippen MR) is 132 cm³/mol. The lowest BCUT2D eigenvalue weighted by Gasteiger charge is -2.13. The number of carbonyl (C=O) groups is 3. The molecule has 1 saturated heterocycles. The van der Waals surface area contributed by atoms with Crippen molar-refractivity contribution in [2.45, 2.75) is 26.6 Å². The number of rotatable bonds is 7. The van der Waals surface area contributed by atoms with Crippen LogP contribution in [0.25, 0.3) is 6.08 Å². The number of carbonyl (C=O) groups excluding carboxylic acids is 3. The molecule has 0 aliphatic carbocycles. The number of thioether (sulfide) groups is 1. The molecule has 0 radical (unpaired) electrons. The number of ether oxygens (including phenoxy) is 2. The maximum atomic E-state index is 12.6. The van der Waals surface area contributed by atoms with E-state index in [0.717, 1.165) is 22.2 Å². The van der Waals surface area contributed by atoms with Crippen LogP contribution >= 0.6 is 55.2 Å². The summed E-state index contributed by atoms with van der Waals surface area (Å²) in [4.78, 5) is 37.8. The summed E-state index contributed by atoms with van der Waals surface area (Å²) in [5.74, 6) is -0.590. The van der Waals surface area contributed by atoms with E-state index in [2.05, 4.69) is 31.9 Å². The molecule has 0 spiro atoms. The van der Waals surface area contributed by atoms with Gasteiger partial charge in [-0.3, -0.25) is 19.3 Å². The molecule has 1 heterocycles. The third kappa shape index (κ3) is 6.15. The summed E-state index contributed by atoms with van der Waals surface area (Å²) >= 11 is 13.9. The molecule has 32 heavy (non-hydrogen) atoms. The maximum absolute atomic E-state index is 12.6. The van der Waals surface area contributed by atoms with Crippen molar-refractivity contribution in [1.29, 1.82) is 0 Å². The Labute approximate surface area is 211 Å². The minimum Gasteiger partial charge on any atom is -0.486 e. The number of benzene rings is 2. The quantitative estimate of drug-likeness (QED) is 0.268. The Morgan fingerprint density at radius 2 is 1.84 bits per heavy atom. The van der Waals surface area contributed by atoms with Crippen molar-refractivity contribution in [2.24, 2.45) is 0 Å². The standard InChI is InChI=1S/C22H18Br2ClNO5S/c1-12(2)31-19(27)10-26-21(28)18(32-22(26)29)9-13-7-15(23)20(16(24)8-13)30-11-14-5-3-4-6-17(14)25/h3-9,12H,10-11H2,1-2H3/b18-9-. The smallest absolute Gasteiger partial charge is 0.326 e. The van der Waals surface area contributed by atoms with E-state index < -0.39 is 23.7 Å². The van der Waals surface area contributed by atoms with E-state index in [4.69, 9.17) is 21.1 Å². The Hall–Kier alpha value is -1.81. The van der Waals surface area contributed by atoms with Crippen LogP contribution in [0.5, 0.6) is 5.75 Å².